The Morgan fingerprint density at radius 3 is 2.84 bits per heavy atom. The summed E-state index contributed by atoms with van der Waals surface area (Å²) in [6.07, 6.45) is 0. The number of halogens is 2. The molecule has 2 heterocycles. The minimum Gasteiger partial charge on any atom is -0.459 e. The molecule has 0 spiro atoms. The average molecular weight is 358 g/mol. The Balaban J connectivity index is 2.06. The molecule has 6 heteroatoms. The zero-order chi connectivity index (χ0) is 13.4. The van der Waals surface area contributed by atoms with E-state index in [1.807, 2.05) is 35.7 Å². The van der Waals surface area contributed by atoms with Gasteiger partial charge in [0.2, 0.25) is 0 Å². The molecule has 2 aromatic heterocycles. The number of furan rings is 1. The lowest BCUT2D eigenvalue weighted by atomic mass is 10.1. The number of nitrogens with one attached hydrogen (secondary N) is 1. The number of hydrogen-bond donors (Lipinski definition) is 2. The third kappa shape index (κ3) is 2.57. The second-order valence-corrected chi connectivity index (χ2v) is 6.84. The van der Waals surface area contributed by atoms with Gasteiger partial charge in [0.25, 0.3) is 0 Å². The Morgan fingerprint density at radius 2 is 2.16 bits per heavy atom. The first kappa shape index (κ1) is 13.1. The molecule has 0 radical (unpaired) electrons. The summed E-state index contributed by atoms with van der Waals surface area (Å²) in [4.78, 5) is 0. The van der Waals surface area contributed by atoms with Gasteiger partial charge < -0.3 is 4.42 Å². The third-order valence-electron chi connectivity index (χ3n) is 2.87. The molecule has 3 rings (SSSR count). The van der Waals surface area contributed by atoms with Crippen molar-refractivity contribution >= 4 is 49.8 Å². The summed E-state index contributed by atoms with van der Waals surface area (Å²) in [6.45, 7) is 0. The van der Waals surface area contributed by atoms with Gasteiger partial charge in [-0.3, -0.25) is 5.84 Å². The maximum Gasteiger partial charge on any atom is 0.134 e. The molecule has 0 saturated carbocycles. The predicted molar refractivity (Wildman–Crippen MR) is 82.4 cm³/mol. The number of nitrogens with two attached hydrogens (primary N) is 1. The third-order valence-corrected chi connectivity index (χ3v) is 4.63. The lowest BCUT2D eigenvalue weighted by Gasteiger charge is -2.10. The zero-order valence-electron chi connectivity index (χ0n) is 9.69. The van der Waals surface area contributed by atoms with E-state index in [9.17, 15) is 0 Å². The summed E-state index contributed by atoms with van der Waals surface area (Å²) in [5.74, 6) is 6.42. The van der Waals surface area contributed by atoms with Crippen LogP contribution < -0.4 is 11.3 Å². The molecular formula is C13H10BrClN2OS. The molecule has 1 atom stereocenters. The molecule has 0 amide bonds. The quantitative estimate of drug-likeness (QED) is 0.537. The van der Waals surface area contributed by atoms with Crippen molar-refractivity contribution in [3.8, 4) is 0 Å². The summed E-state index contributed by atoms with van der Waals surface area (Å²) >= 11 is 11.0. The summed E-state index contributed by atoms with van der Waals surface area (Å²) in [7, 11) is 0. The van der Waals surface area contributed by atoms with Crippen LogP contribution in [-0.2, 0) is 0 Å². The fourth-order valence-electron chi connectivity index (χ4n) is 1.99. The number of benzene rings is 1. The van der Waals surface area contributed by atoms with Gasteiger partial charge in [-0.1, -0.05) is 11.6 Å². The van der Waals surface area contributed by atoms with Crippen LogP contribution in [0.3, 0.4) is 0 Å². The second kappa shape index (κ2) is 5.26. The van der Waals surface area contributed by atoms with E-state index in [2.05, 4.69) is 21.4 Å². The van der Waals surface area contributed by atoms with Crippen molar-refractivity contribution in [1.82, 2.24) is 5.43 Å². The van der Waals surface area contributed by atoms with Crippen molar-refractivity contribution in [2.45, 2.75) is 6.04 Å². The van der Waals surface area contributed by atoms with Gasteiger partial charge in [-0.2, -0.15) is 0 Å². The molecule has 3 nitrogen and oxygen atoms in total. The van der Waals surface area contributed by atoms with Gasteiger partial charge in [-0.05, 0) is 57.2 Å². The largest absolute Gasteiger partial charge is 0.459 e. The molecule has 98 valence electrons. The number of hydrogen-bond acceptors (Lipinski definition) is 4. The first-order chi connectivity index (χ1) is 9.17. The van der Waals surface area contributed by atoms with E-state index in [0.29, 0.717) is 5.02 Å². The topological polar surface area (TPSA) is 51.2 Å². The van der Waals surface area contributed by atoms with Crippen molar-refractivity contribution in [1.29, 1.82) is 0 Å². The second-order valence-electron chi connectivity index (χ2n) is 4.11. The van der Waals surface area contributed by atoms with E-state index >= 15 is 0 Å². The average Bonchev–Trinajstić information content (AvgIpc) is 2.96. The highest BCUT2D eigenvalue weighted by Crippen LogP contribution is 2.32. The van der Waals surface area contributed by atoms with Crippen LogP contribution in [0.1, 0.15) is 17.4 Å². The van der Waals surface area contributed by atoms with Gasteiger partial charge in [0.1, 0.15) is 17.4 Å². The van der Waals surface area contributed by atoms with Crippen LogP contribution in [-0.4, -0.2) is 0 Å². The van der Waals surface area contributed by atoms with Crippen molar-refractivity contribution in [3.63, 3.8) is 0 Å². The van der Waals surface area contributed by atoms with E-state index in [-0.39, 0.29) is 6.04 Å². The van der Waals surface area contributed by atoms with E-state index in [1.54, 1.807) is 11.3 Å². The van der Waals surface area contributed by atoms with Crippen LogP contribution in [0.4, 0.5) is 0 Å². The maximum absolute atomic E-state index is 5.98. The van der Waals surface area contributed by atoms with E-state index in [4.69, 9.17) is 21.9 Å². The van der Waals surface area contributed by atoms with E-state index in [1.165, 1.54) is 0 Å². The molecule has 0 saturated heterocycles. The molecule has 0 fully saturated rings. The Morgan fingerprint density at radius 1 is 1.32 bits per heavy atom. The van der Waals surface area contributed by atoms with Crippen LogP contribution in [0.15, 0.2) is 43.9 Å². The zero-order valence-corrected chi connectivity index (χ0v) is 12.8. The van der Waals surface area contributed by atoms with E-state index in [0.717, 1.165) is 26.1 Å². The number of thiophene rings is 1. The summed E-state index contributed by atoms with van der Waals surface area (Å²) in [5.41, 5.74) is 4.64. The van der Waals surface area contributed by atoms with Gasteiger partial charge in [0.05, 0.1) is 3.79 Å². The minimum absolute atomic E-state index is 0.172. The van der Waals surface area contributed by atoms with Crippen LogP contribution in [0.5, 0.6) is 0 Å². The molecular weight excluding hydrogens is 348 g/mol. The Labute approximate surface area is 127 Å². The number of rotatable bonds is 3. The van der Waals surface area contributed by atoms with Crippen molar-refractivity contribution in [2.24, 2.45) is 5.84 Å². The normalized spacial score (nSPS) is 13.0. The highest BCUT2D eigenvalue weighted by molar-refractivity contribution is 9.11. The van der Waals surface area contributed by atoms with Gasteiger partial charge in [-0.25, -0.2) is 5.43 Å². The maximum atomic E-state index is 5.98. The molecule has 3 aromatic rings. The molecule has 1 unspecified atom stereocenters. The lowest BCUT2D eigenvalue weighted by molar-refractivity contribution is 0.478. The fourth-order valence-corrected chi connectivity index (χ4v) is 3.38. The van der Waals surface area contributed by atoms with Gasteiger partial charge in [0, 0.05) is 10.4 Å². The molecule has 0 aliphatic heterocycles. The Kier molecular flexibility index (Phi) is 3.64. The van der Waals surface area contributed by atoms with Crippen molar-refractivity contribution in [3.05, 3.63) is 55.8 Å². The first-order valence-corrected chi connectivity index (χ1v) is 7.61. The Bertz CT molecular complexity index is 724. The molecule has 0 aliphatic carbocycles. The smallest absolute Gasteiger partial charge is 0.134 e. The predicted octanol–water partition coefficient (Wildman–Crippen LogP) is 4.46. The SMILES string of the molecule is NNC(c1csc(Br)c1)c1cc2cc(Cl)ccc2o1. The fraction of sp³-hybridized carbons (Fsp3) is 0.0769. The number of fused-ring (bicyclic) bond motifs is 1. The van der Waals surface area contributed by atoms with Crippen LogP contribution in [0.2, 0.25) is 5.02 Å². The Hall–Kier alpha value is -0.850. The highest BCUT2D eigenvalue weighted by atomic mass is 79.9. The minimum atomic E-state index is -0.172. The van der Waals surface area contributed by atoms with E-state index < -0.39 is 0 Å². The molecule has 0 aliphatic rings. The monoisotopic (exact) mass is 356 g/mol. The van der Waals surface area contributed by atoms with Crippen LogP contribution in [0, 0.1) is 0 Å². The summed E-state index contributed by atoms with van der Waals surface area (Å²) < 4.78 is 6.89. The molecule has 3 N–H and O–H groups in total. The van der Waals surface area contributed by atoms with Gasteiger partial charge >= 0.3 is 0 Å². The van der Waals surface area contributed by atoms with Gasteiger partial charge in [0.15, 0.2) is 0 Å². The first-order valence-electron chi connectivity index (χ1n) is 5.56. The molecule has 19 heavy (non-hydrogen) atoms. The molecule has 1 aromatic carbocycles. The summed E-state index contributed by atoms with van der Waals surface area (Å²) in [5, 5.41) is 3.70. The standard InChI is InChI=1S/C13H10BrClN2OS/c14-12-5-8(6-19-12)13(17-16)11-4-7-3-9(15)1-2-10(7)18-11/h1-6,13,17H,16H2. The lowest BCUT2D eigenvalue weighted by Crippen LogP contribution is -2.28. The van der Waals surface area contributed by atoms with Crippen LogP contribution >= 0.6 is 38.9 Å². The van der Waals surface area contributed by atoms with Crippen molar-refractivity contribution in [2.75, 3.05) is 0 Å². The molecule has 0 bridgehead atoms. The number of hydrazine groups is 1. The summed E-state index contributed by atoms with van der Waals surface area (Å²) in [6, 6.07) is 9.35. The van der Waals surface area contributed by atoms with Crippen molar-refractivity contribution < 1.29 is 4.42 Å². The van der Waals surface area contributed by atoms with Gasteiger partial charge in [-0.15, -0.1) is 11.3 Å². The van der Waals surface area contributed by atoms with Crippen LogP contribution in [0.25, 0.3) is 11.0 Å². The highest BCUT2D eigenvalue weighted by Gasteiger charge is 2.18.